The third-order valence-corrected chi connectivity index (χ3v) is 3.63. The fourth-order valence-corrected chi connectivity index (χ4v) is 2.50. The van der Waals surface area contributed by atoms with Gasteiger partial charge in [0.05, 0.1) is 22.3 Å². The standard InChI is InChI=1S/C17H16FN3O2/c1-9(2)16-20-15-8-11(22)4-5-12(15)17(23)21(16)10-3-6-13(18)14(19)7-10/h3-9,22H,19H2,1-2H3. The molecule has 5 nitrogen and oxygen atoms in total. The smallest absolute Gasteiger partial charge is 0.265 e. The maximum atomic E-state index is 13.4. The van der Waals surface area contributed by atoms with Crippen LogP contribution in [0.2, 0.25) is 0 Å². The summed E-state index contributed by atoms with van der Waals surface area (Å²) in [6.07, 6.45) is 0. The largest absolute Gasteiger partial charge is 0.508 e. The Labute approximate surface area is 131 Å². The monoisotopic (exact) mass is 313 g/mol. The molecule has 0 saturated carbocycles. The van der Waals surface area contributed by atoms with Gasteiger partial charge in [0, 0.05) is 12.0 Å². The highest BCUT2D eigenvalue weighted by Crippen LogP contribution is 2.23. The van der Waals surface area contributed by atoms with E-state index in [1.54, 1.807) is 0 Å². The van der Waals surface area contributed by atoms with Gasteiger partial charge in [-0.05, 0) is 30.3 Å². The summed E-state index contributed by atoms with van der Waals surface area (Å²) >= 11 is 0. The third-order valence-electron chi connectivity index (χ3n) is 3.63. The molecule has 0 spiro atoms. The van der Waals surface area contributed by atoms with Crippen molar-refractivity contribution in [2.24, 2.45) is 0 Å². The van der Waals surface area contributed by atoms with Crippen LogP contribution in [0.5, 0.6) is 5.75 Å². The number of phenolic OH excluding ortho intramolecular Hbond substituents is 1. The lowest BCUT2D eigenvalue weighted by Gasteiger charge is -2.16. The molecule has 0 radical (unpaired) electrons. The van der Waals surface area contributed by atoms with Crippen molar-refractivity contribution in [1.29, 1.82) is 0 Å². The molecule has 3 aromatic rings. The third kappa shape index (κ3) is 2.52. The first kappa shape index (κ1) is 15.0. The molecule has 118 valence electrons. The van der Waals surface area contributed by atoms with Crippen LogP contribution in [-0.2, 0) is 0 Å². The fourth-order valence-electron chi connectivity index (χ4n) is 2.50. The lowest BCUT2D eigenvalue weighted by molar-refractivity contribution is 0.476. The van der Waals surface area contributed by atoms with Gasteiger partial charge in [0.15, 0.2) is 0 Å². The van der Waals surface area contributed by atoms with E-state index < -0.39 is 5.82 Å². The molecular weight excluding hydrogens is 297 g/mol. The van der Waals surface area contributed by atoms with Crippen LogP contribution in [0.25, 0.3) is 16.6 Å². The predicted molar refractivity (Wildman–Crippen MR) is 87.5 cm³/mol. The Morgan fingerprint density at radius 1 is 1.22 bits per heavy atom. The Hall–Kier alpha value is -2.89. The maximum Gasteiger partial charge on any atom is 0.265 e. The van der Waals surface area contributed by atoms with E-state index in [0.717, 1.165) is 0 Å². The Kier molecular flexibility index (Phi) is 3.52. The second-order valence-corrected chi connectivity index (χ2v) is 5.67. The van der Waals surface area contributed by atoms with Crippen LogP contribution in [0.1, 0.15) is 25.6 Å². The summed E-state index contributed by atoms with van der Waals surface area (Å²) in [6.45, 7) is 3.81. The van der Waals surface area contributed by atoms with Crippen molar-refractivity contribution in [2.75, 3.05) is 5.73 Å². The molecule has 3 N–H and O–H groups in total. The number of benzene rings is 2. The number of rotatable bonds is 2. The quantitative estimate of drug-likeness (QED) is 0.713. The van der Waals surface area contributed by atoms with Gasteiger partial charge < -0.3 is 10.8 Å². The van der Waals surface area contributed by atoms with E-state index in [4.69, 9.17) is 5.73 Å². The minimum absolute atomic E-state index is 0.0325. The van der Waals surface area contributed by atoms with Crippen LogP contribution in [0.4, 0.5) is 10.1 Å². The molecule has 0 saturated heterocycles. The van der Waals surface area contributed by atoms with Crippen LogP contribution >= 0.6 is 0 Å². The van der Waals surface area contributed by atoms with Gasteiger partial charge in [-0.1, -0.05) is 13.8 Å². The van der Waals surface area contributed by atoms with Crippen LogP contribution in [0.15, 0.2) is 41.2 Å². The SMILES string of the molecule is CC(C)c1nc2cc(O)ccc2c(=O)n1-c1ccc(F)c(N)c1. The van der Waals surface area contributed by atoms with Crippen molar-refractivity contribution in [3.63, 3.8) is 0 Å². The molecule has 1 heterocycles. The first-order valence-corrected chi connectivity index (χ1v) is 7.19. The Bertz CT molecular complexity index is 964. The average Bonchev–Trinajstić information content (AvgIpc) is 2.49. The average molecular weight is 313 g/mol. The number of phenols is 1. The molecule has 2 aromatic carbocycles. The molecule has 3 rings (SSSR count). The molecule has 23 heavy (non-hydrogen) atoms. The van der Waals surface area contributed by atoms with Crippen molar-refractivity contribution in [3.8, 4) is 11.4 Å². The number of nitrogens with two attached hydrogens (primary N) is 1. The summed E-state index contributed by atoms with van der Waals surface area (Å²) in [4.78, 5) is 17.4. The summed E-state index contributed by atoms with van der Waals surface area (Å²) in [6, 6.07) is 8.54. The predicted octanol–water partition coefficient (Wildman–Crippen LogP) is 2.94. The van der Waals surface area contributed by atoms with Gasteiger partial charge in [-0.25, -0.2) is 9.37 Å². The van der Waals surface area contributed by atoms with Gasteiger partial charge in [-0.15, -0.1) is 0 Å². The first-order chi connectivity index (χ1) is 10.9. The zero-order valence-electron chi connectivity index (χ0n) is 12.7. The van der Waals surface area contributed by atoms with E-state index in [2.05, 4.69) is 4.98 Å². The number of hydrogen-bond acceptors (Lipinski definition) is 4. The molecule has 0 aliphatic carbocycles. The lowest BCUT2D eigenvalue weighted by Crippen LogP contribution is -2.24. The highest BCUT2D eigenvalue weighted by molar-refractivity contribution is 5.79. The van der Waals surface area contributed by atoms with Gasteiger partial charge in [-0.2, -0.15) is 0 Å². The fraction of sp³-hybridized carbons (Fsp3) is 0.176. The second kappa shape index (κ2) is 5.39. The maximum absolute atomic E-state index is 13.4. The summed E-state index contributed by atoms with van der Waals surface area (Å²) in [5.41, 5.74) is 6.18. The van der Waals surface area contributed by atoms with Gasteiger partial charge >= 0.3 is 0 Å². The number of aromatic nitrogens is 2. The minimum Gasteiger partial charge on any atom is -0.508 e. The number of anilines is 1. The second-order valence-electron chi connectivity index (χ2n) is 5.67. The number of halogens is 1. The summed E-state index contributed by atoms with van der Waals surface area (Å²) in [5.74, 6) is -0.0331. The zero-order chi connectivity index (χ0) is 16.7. The van der Waals surface area contributed by atoms with Crippen LogP contribution < -0.4 is 11.3 Å². The molecule has 0 aliphatic rings. The van der Waals surface area contributed by atoms with Crippen molar-refractivity contribution in [2.45, 2.75) is 19.8 Å². The molecule has 0 fully saturated rings. The van der Waals surface area contributed by atoms with Crippen molar-refractivity contribution in [1.82, 2.24) is 9.55 Å². The van der Waals surface area contributed by atoms with Gasteiger partial charge in [-0.3, -0.25) is 9.36 Å². The molecule has 0 aliphatic heterocycles. The number of nitrogens with zero attached hydrogens (tertiary/aromatic N) is 2. The van der Waals surface area contributed by atoms with E-state index in [9.17, 15) is 14.3 Å². The number of aromatic hydroxyl groups is 1. The van der Waals surface area contributed by atoms with Gasteiger partial charge in [0.25, 0.3) is 5.56 Å². The summed E-state index contributed by atoms with van der Waals surface area (Å²) in [5, 5.41) is 9.97. The van der Waals surface area contributed by atoms with E-state index in [-0.39, 0.29) is 22.9 Å². The van der Waals surface area contributed by atoms with Crippen LogP contribution in [-0.4, -0.2) is 14.7 Å². The summed E-state index contributed by atoms with van der Waals surface area (Å²) in [7, 11) is 0. The molecular formula is C17H16FN3O2. The number of hydrogen-bond donors (Lipinski definition) is 2. The van der Waals surface area contributed by atoms with Crippen molar-refractivity contribution >= 4 is 16.6 Å². The minimum atomic E-state index is -0.536. The first-order valence-electron chi connectivity index (χ1n) is 7.19. The van der Waals surface area contributed by atoms with Crippen LogP contribution in [0, 0.1) is 5.82 Å². The molecule has 0 bridgehead atoms. The molecule has 0 unspecified atom stereocenters. The lowest BCUT2D eigenvalue weighted by atomic mass is 10.1. The Balaban J connectivity index is 2.40. The summed E-state index contributed by atoms with van der Waals surface area (Å²) < 4.78 is 14.8. The number of nitrogen functional groups attached to an aromatic ring is 1. The van der Waals surface area contributed by atoms with E-state index in [1.165, 1.54) is 41.0 Å². The van der Waals surface area contributed by atoms with E-state index in [1.807, 2.05) is 13.8 Å². The van der Waals surface area contributed by atoms with Crippen molar-refractivity contribution < 1.29 is 9.50 Å². The zero-order valence-corrected chi connectivity index (χ0v) is 12.7. The van der Waals surface area contributed by atoms with E-state index in [0.29, 0.717) is 22.4 Å². The molecule has 0 atom stereocenters. The molecule has 6 heteroatoms. The van der Waals surface area contributed by atoms with Crippen LogP contribution in [0.3, 0.4) is 0 Å². The molecule has 0 amide bonds. The normalized spacial score (nSPS) is 11.3. The Morgan fingerprint density at radius 2 is 1.96 bits per heavy atom. The van der Waals surface area contributed by atoms with Crippen molar-refractivity contribution in [3.05, 3.63) is 58.4 Å². The highest BCUT2D eigenvalue weighted by atomic mass is 19.1. The topological polar surface area (TPSA) is 81.1 Å². The highest BCUT2D eigenvalue weighted by Gasteiger charge is 2.16. The number of fused-ring (bicyclic) bond motifs is 1. The van der Waals surface area contributed by atoms with E-state index >= 15 is 0 Å². The Morgan fingerprint density at radius 3 is 2.61 bits per heavy atom. The van der Waals surface area contributed by atoms with Gasteiger partial charge in [0.2, 0.25) is 0 Å². The molecule has 1 aromatic heterocycles. The van der Waals surface area contributed by atoms with Gasteiger partial charge in [0.1, 0.15) is 17.4 Å².